The lowest BCUT2D eigenvalue weighted by molar-refractivity contribution is 0.911. The molecule has 0 N–H and O–H groups in total. The van der Waals surface area contributed by atoms with E-state index >= 15 is 0 Å². The normalized spacial score (nSPS) is 12.4. The Balaban J connectivity index is 2.20. The largest absolute Gasteiger partial charge is 0.117 e. The van der Waals surface area contributed by atoms with Gasteiger partial charge in [0.2, 0.25) is 0 Å². The van der Waals surface area contributed by atoms with Crippen LogP contribution in [0.4, 0.5) is 0 Å². The molecule has 0 aromatic heterocycles. The maximum absolute atomic E-state index is 6.51. The molecule has 2 heteroatoms. The van der Waals surface area contributed by atoms with Crippen molar-refractivity contribution in [1.29, 1.82) is 0 Å². The Hall–Kier alpha value is -0.540. The molecule has 0 radical (unpaired) electrons. The number of hydrogen-bond acceptors (Lipinski definition) is 0. The Labute approximate surface area is 121 Å². The van der Waals surface area contributed by atoms with E-state index in [0.29, 0.717) is 0 Å². The zero-order valence-corrected chi connectivity index (χ0v) is 12.6. The van der Waals surface area contributed by atoms with Gasteiger partial charge in [-0.1, -0.05) is 48.5 Å². The third-order valence-corrected chi connectivity index (χ3v) is 4.68. The molecule has 2 aromatic carbocycles. The number of aryl methyl sites for hydroxylation is 1. The quantitative estimate of drug-likeness (QED) is 0.529. The van der Waals surface area contributed by atoms with E-state index in [-0.39, 0.29) is 5.38 Å². The number of alkyl halides is 1. The predicted octanol–water partition coefficient (Wildman–Crippen LogP) is 5.12. The number of rotatable bonds is 3. The fourth-order valence-corrected chi connectivity index (χ4v) is 3.12. The molecule has 0 nitrogen and oxygen atoms in total. The number of halogens is 2. The Bertz CT molecular complexity index is 494. The first-order valence-electron chi connectivity index (χ1n) is 5.61. The van der Waals surface area contributed by atoms with Crippen molar-refractivity contribution in [3.8, 4) is 0 Å². The van der Waals surface area contributed by atoms with Crippen LogP contribution in [0.25, 0.3) is 0 Å². The Morgan fingerprint density at radius 3 is 2.47 bits per heavy atom. The van der Waals surface area contributed by atoms with Gasteiger partial charge in [0.25, 0.3) is 0 Å². The molecule has 1 unspecified atom stereocenters. The first-order chi connectivity index (χ1) is 8.18. The van der Waals surface area contributed by atoms with E-state index in [1.54, 1.807) is 0 Å². The van der Waals surface area contributed by atoms with Gasteiger partial charge in [0, 0.05) is 3.57 Å². The summed E-state index contributed by atoms with van der Waals surface area (Å²) in [6.45, 7) is 2.12. The van der Waals surface area contributed by atoms with Crippen molar-refractivity contribution in [2.24, 2.45) is 0 Å². The van der Waals surface area contributed by atoms with Crippen molar-refractivity contribution in [2.45, 2.75) is 18.7 Å². The van der Waals surface area contributed by atoms with Gasteiger partial charge in [0.1, 0.15) is 0 Å². The summed E-state index contributed by atoms with van der Waals surface area (Å²) < 4.78 is 1.28. The maximum atomic E-state index is 6.51. The third-order valence-electron chi connectivity index (χ3n) is 2.82. The van der Waals surface area contributed by atoms with E-state index in [2.05, 4.69) is 72.0 Å². The van der Waals surface area contributed by atoms with Crippen LogP contribution >= 0.6 is 34.2 Å². The molecule has 0 heterocycles. The summed E-state index contributed by atoms with van der Waals surface area (Å²) in [6, 6.07) is 16.7. The minimum atomic E-state index is 0.0456. The summed E-state index contributed by atoms with van der Waals surface area (Å²) in [5, 5.41) is 0.0456. The van der Waals surface area contributed by atoms with Crippen LogP contribution < -0.4 is 0 Å². The third kappa shape index (κ3) is 3.23. The Morgan fingerprint density at radius 1 is 1.06 bits per heavy atom. The van der Waals surface area contributed by atoms with Crippen LogP contribution in [0, 0.1) is 10.5 Å². The summed E-state index contributed by atoms with van der Waals surface area (Å²) in [5.74, 6) is 0. The van der Waals surface area contributed by atoms with Crippen LogP contribution in [0.15, 0.2) is 48.5 Å². The molecule has 17 heavy (non-hydrogen) atoms. The zero-order chi connectivity index (χ0) is 12.3. The molecule has 0 saturated carbocycles. The van der Waals surface area contributed by atoms with Gasteiger partial charge >= 0.3 is 0 Å². The van der Waals surface area contributed by atoms with Crippen molar-refractivity contribution >= 4 is 34.2 Å². The lowest BCUT2D eigenvalue weighted by atomic mass is 10.0. The molecule has 0 bridgehead atoms. The maximum Gasteiger partial charge on any atom is 0.0636 e. The van der Waals surface area contributed by atoms with Gasteiger partial charge in [-0.05, 0) is 52.6 Å². The zero-order valence-electron chi connectivity index (χ0n) is 9.66. The van der Waals surface area contributed by atoms with Crippen LogP contribution in [0.5, 0.6) is 0 Å². The predicted molar refractivity (Wildman–Crippen MR) is 82.6 cm³/mol. The summed E-state index contributed by atoms with van der Waals surface area (Å²) in [5.41, 5.74) is 3.81. The molecular formula is C15H14ClI. The van der Waals surface area contributed by atoms with Gasteiger partial charge in [-0.25, -0.2) is 0 Å². The van der Waals surface area contributed by atoms with E-state index in [9.17, 15) is 0 Å². The van der Waals surface area contributed by atoms with Gasteiger partial charge in [-0.15, -0.1) is 11.6 Å². The fraction of sp³-hybridized carbons (Fsp3) is 0.200. The van der Waals surface area contributed by atoms with Gasteiger partial charge in [-0.3, -0.25) is 0 Å². The Morgan fingerprint density at radius 2 is 1.76 bits per heavy atom. The molecule has 0 fully saturated rings. The first kappa shape index (κ1) is 12.9. The van der Waals surface area contributed by atoms with E-state index < -0.39 is 0 Å². The van der Waals surface area contributed by atoms with Crippen LogP contribution in [0.2, 0.25) is 0 Å². The molecule has 1 atom stereocenters. The lowest BCUT2D eigenvalue weighted by Gasteiger charge is -2.13. The van der Waals surface area contributed by atoms with Crippen molar-refractivity contribution < 1.29 is 0 Å². The van der Waals surface area contributed by atoms with Gasteiger partial charge < -0.3 is 0 Å². The van der Waals surface area contributed by atoms with Crippen molar-refractivity contribution in [3.63, 3.8) is 0 Å². The standard InChI is InChI=1S/C15H14ClI/c1-11-6-5-9-13(15(11)17)14(16)10-12-7-3-2-4-8-12/h2-9,14H,10H2,1H3. The summed E-state index contributed by atoms with van der Waals surface area (Å²) >= 11 is 8.89. The summed E-state index contributed by atoms with van der Waals surface area (Å²) in [4.78, 5) is 0. The second-order valence-corrected chi connectivity index (χ2v) is 5.74. The van der Waals surface area contributed by atoms with Crippen LogP contribution in [-0.4, -0.2) is 0 Å². The molecule has 0 aliphatic carbocycles. The highest BCUT2D eigenvalue weighted by Crippen LogP contribution is 2.30. The first-order valence-corrected chi connectivity index (χ1v) is 7.13. The lowest BCUT2D eigenvalue weighted by Crippen LogP contribution is -1.99. The highest BCUT2D eigenvalue weighted by atomic mass is 127. The minimum absolute atomic E-state index is 0.0456. The molecule has 0 aliphatic rings. The van der Waals surface area contributed by atoms with Gasteiger partial charge in [0.15, 0.2) is 0 Å². The smallest absolute Gasteiger partial charge is 0.0636 e. The number of benzene rings is 2. The molecule has 0 aliphatic heterocycles. The summed E-state index contributed by atoms with van der Waals surface area (Å²) in [6.07, 6.45) is 0.877. The SMILES string of the molecule is Cc1cccc(C(Cl)Cc2ccccc2)c1I. The molecular weight excluding hydrogens is 343 g/mol. The van der Waals surface area contributed by atoms with Crippen molar-refractivity contribution in [1.82, 2.24) is 0 Å². The van der Waals surface area contributed by atoms with Crippen molar-refractivity contribution in [2.75, 3.05) is 0 Å². The topological polar surface area (TPSA) is 0 Å². The van der Waals surface area contributed by atoms with Crippen LogP contribution in [-0.2, 0) is 6.42 Å². The van der Waals surface area contributed by atoms with Gasteiger partial charge in [-0.2, -0.15) is 0 Å². The highest BCUT2D eigenvalue weighted by Gasteiger charge is 2.13. The van der Waals surface area contributed by atoms with Crippen LogP contribution in [0.1, 0.15) is 22.1 Å². The summed E-state index contributed by atoms with van der Waals surface area (Å²) in [7, 11) is 0. The molecule has 0 amide bonds. The monoisotopic (exact) mass is 356 g/mol. The molecule has 2 rings (SSSR count). The molecule has 2 aromatic rings. The molecule has 0 spiro atoms. The van der Waals surface area contributed by atoms with E-state index in [1.807, 2.05) is 6.07 Å². The second-order valence-electron chi connectivity index (χ2n) is 4.14. The fourth-order valence-electron chi connectivity index (χ4n) is 1.84. The van der Waals surface area contributed by atoms with Crippen molar-refractivity contribution in [3.05, 3.63) is 68.8 Å². The molecule has 0 saturated heterocycles. The number of hydrogen-bond donors (Lipinski definition) is 0. The molecule has 88 valence electrons. The van der Waals surface area contributed by atoms with E-state index in [0.717, 1.165) is 6.42 Å². The van der Waals surface area contributed by atoms with Crippen LogP contribution in [0.3, 0.4) is 0 Å². The Kier molecular flexibility index (Phi) is 4.46. The van der Waals surface area contributed by atoms with Gasteiger partial charge in [0.05, 0.1) is 5.38 Å². The minimum Gasteiger partial charge on any atom is -0.117 e. The van der Waals surface area contributed by atoms with E-state index in [1.165, 1.54) is 20.3 Å². The average Bonchev–Trinajstić information content (AvgIpc) is 2.34. The highest BCUT2D eigenvalue weighted by molar-refractivity contribution is 14.1. The average molecular weight is 357 g/mol. The second kappa shape index (κ2) is 5.87. The van der Waals surface area contributed by atoms with E-state index in [4.69, 9.17) is 11.6 Å².